The first-order valence-electron chi connectivity index (χ1n) is 7.12. The molecule has 1 unspecified atom stereocenters. The molecule has 20 heavy (non-hydrogen) atoms. The van der Waals surface area contributed by atoms with Crippen molar-refractivity contribution in [1.82, 2.24) is 14.8 Å². The predicted octanol–water partition coefficient (Wildman–Crippen LogP) is 0.989. The molecule has 2 heterocycles. The summed E-state index contributed by atoms with van der Waals surface area (Å²) in [6.07, 6.45) is 1.86. The fraction of sp³-hybridized carbons (Fsp3) is 0.600. The second-order valence-electron chi connectivity index (χ2n) is 5.62. The topological polar surface area (TPSA) is 39.7 Å². The summed E-state index contributed by atoms with van der Waals surface area (Å²) < 4.78 is 0. The van der Waals surface area contributed by atoms with E-state index in [2.05, 4.69) is 27.8 Å². The maximum atomic E-state index is 12.0. The first-order valence-corrected chi connectivity index (χ1v) is 7.12. The molecule has 110 valence electrons. The maximum Gasteiger partial charge on any atom is 0.239 e. The molecule has 1 aromatic rings. The molecule has 0 N–H and O–H groups in total. The average molecular weight is 276 g/mol. The third-order valence-corrected chi connectivity index (χ3v) is 3.89. The second kappa shape index (κ2) is 6.22. The lowest BCUT2D eigenvalue weighted by atomic mass is 10.2. The molecule has 0 aromatic carbocycles. The van der Waals surface area contributed by atoms with E-state index in [1.54, 1.807) is 4.90 Å². The Morgan fingerprint density at radius 3 is 2.50 bits per heavy atom. The highest BCUT2D eigenvalue weighted by molar-refractivity contribution is 5.81. The van der Waals surface area contributed by atoms with Crippen LogP contribution in [0.15, 0.2) is 18.3 Å². The Morgan fingerprint density at radius 2 is 1.95 bits per heavy atom. The number of nitrogens with zero attached hydrogens (tertiary/aromatic N) is 4. The van der Waals surface area contributed by atoms with Gasteiger partial charge in [0.05, 0.1) is 6.04 Å². The quantitative estimate of drug-likeness (QED) is 0.825. The van der Waals surface area contributed by atoms with Crippen molar-refractivity contribution >= 4 is 11.7 Å². The summed E-state index contributed by atoms with van der Waals surface area (Å²) in [7, 11) is 3.62. The maximum absolute atomic E-state index is 12.0. The third kappa shape index (κ3) is 3.28. The minimum absolute atomic E-state index is 0.0439. The van der Waals surface area contributed by atoms with Crippen LogP contribution in [0, 0.1) is 6.92 Å². The van der Waals surface area contributed by atoms with Crippen LogP contribution in [0.25, 0.3) is 0 Å². The van der Waals surface area contributed by atoms with Crippen LogP contribution in [-0.2, 0) is 4.79 Å². The molecule has 5 nitrogen and oxygen atoms in total. The summed E-state index contributed by atoms with van der Waals surface area (Å²) in [6.45, 7) is 7.71. The number of likely N-dealkylation sites (N-methyl/N-ethyl adjacent to an activating group) is 1. The van der Waals surface area contributed by atoms with Gasteiger partial charge < -0.3 is 9.80 Å². The van der Waals surface area contributed by atoms with E-state index < -0.39 is 0 Å². The highest BCUT2D eigenvalue weighted by atomic mass is 16.2. The Labute approximate surface area is 121 Å². The van der Waals surface area contributed by atoms with Gasteiger partial charge in [-0.1, -0.05) is 0 Å². The van der Waals surface area contributed by atoms with Crippen LogP contribution in [0.3, 0.4) is 0 Å². The molecule has 0 aliphatic carbocycles. The lowest BCUT2D eigenvalue weighted by molar-refractivity contribution is -0.133. The smallest absolute Gasteiger partial charge is 0.239 e. The molecule has 1 amide bonds. The summed E-state index contributed by atoms with van der Waals surface area (Å²) in [5, 5.41) is 0. The number of anilines is 1. The van der Waals surface area contributed by atoms with E-state index in [4.69, 9.17) is 0 Å². The van der Waals surface area contributed by atoms with Crippen LogP contribution in [-0.4, -0.2) is 67.0 Å². The van der Waals surface area contributed by atoms with Gasteiger partial charge in [-0.25, -0.2) is 4.98 Å². The van der Waals surface area contributed by atoms with E-state index in [1.165, 1.54) is 5.56 Å². The van der Waals surface area contributed by atoms with Crippen LogP contribution in [0.2, 0.25) is 0 Å². The fourth-order valence-corrected chi connectivity index (χ4v) is 2.56. The Morgan fingerprint density at radius 1 is 1.30 bits per heavy atom. The number of pyridine rings is 1. The first kappa shape index (κ1) is 14.8. The molecule has 1 saturated heterocycles. The van der Waals surface area contributed by atoms with Gasteiger partial charge in [-0.15, -0.1) is 0 Å². The van der Waals surface area contributed by atoms with Crippen LogP contribution in [0.5, 0.6) is 0 Å². The van der Waals surface area contributed by atoms with E-state index in [-0.39, 0.29) is 11.9 Å². The van der Waals surface area contributed by atoms with Crippen molar-refractivity contribution in [2.75, 3.05) is 45.2 Å². The van der Waals surface area contributed by atoms with Crippen molar-refractivity contribution in [2.24, 2.45) is 0 Å². The normalized spacial score (nSPS) is 17.9. The Bertz CT molecular complexity index is 467. The number of hydrogen-bond acceptors (Lipinski definition) is 4. The van der Waals surface area contributed by atoms with Crippen molar-refractivity contribution in [1.29, 1.82) is 0 Å². The lowest BCUT2D eigenvalue weighted by Gasteiger charge is -2.38. The van der Waals surface area contributed by atoms with Crippen molar-refractivity contribution < 1.29 is 4.79 Å². The van der Waals surface area contributed by atoms with Gasteiger partial charge >= 0.3 is 0 Å². The Balaban J connectivity index is 1.94. The van der Waals surface area contributed by atoms with E-state index in [9.17, 15) is 4.79 Å². The third-order valence-electron chi connectivity index (χ3n) is 3.89. The molecule has 1 aromatic heterocycles. The van der Waals surface area contributed by atoms with E-state index in [1.807, 2.05) is 33.3 Å². The number of carbonyl (C=O) groups excluding carboxylic acids is 1. The van der Waals surface area contributed by atoms with Gasteiger partial charge in [0.2, 0.25) is 5.91 Å². The minimum atomic E-state index is -0.0439. The van der Waals surface area contributed by atoms with Crippen LogP contribution >= 0.6 is 0 Å². The average Bonchev–Trinajstić information content (AvgIpc) is 2.46. The molecule has 1 atom stereocenters. The molecule has 1 aliphatic rings. The fourth-order valence-electron chi connectivity index (χ4n) is 2.56. The van der Waals surface area contributed by atoms with E-state index in [0.717, 1.165) is 32.0 Å². The molecule has 5 heteroatoms. The number of rotatable bonds is 3. The number of amides is 1. The van der Waals surface area contributed by atoms with Gasteiger partial charge in [0, 0.05) is 46.5 Å². The zero-order chi connectivity index (χ0) is 14.7. The summed E-state index contributed by atoms with van der Waals surface area (Å²) in [5.74, 6) is 1.21. The molecular weight excluding hydrogens is 252 g/mol. The molecule has 0 spiro atoms. The molecule has 0 radical (unpaired) electrons. The number of aryl methyl sites for hydroxylation is 1. The van der Waals surface area contributed by atoms with Crippen molar-refractivity contribution in [3.05, 3.63) is 23.9 Å². The van der Waals surface area contributed by atoms with Crippen LogP contribution in [0.1, 0.15) is 12.5 Å². The minimum Gasteiger partial charge on any atom is -0.354 e. The summed E-state index contributed by atoms with van der Waals surface area (Å²) in [5.41, 5.74) is 1.23. The van der Waals surface area contributed by atoms with E-state index >= 15 is 0 Å². The monoisotopic (exact) mass is 276 g/mol. The number of aromatic nitrogens is 1. The first-order chi connectivity index (χ1) is 9.49. The van der Waals surface area contributed by atoms with Crippen LogP contribution in [0.4, 0.5) is 5.82 Å². The molecular formula is C15H24N4O. The van der Waals surface area contributed by atoms with Crippen molar-refractivity contribution in [3.8, 4) is 0 Å². The summed E-state index contributed by atoms with van der Waals surface area (Å²) >= 11 is 0. The number of piperazine rings is 1. The number of hydrogen-bond donors (Lipinski definition) is 0. The van der Waals surface area contributed by atoms with Gasteiger partial charge in [0.15, 0.2) is 0 Å². The van der Waals surface area contributed by atoms with Gasteiger partial charge in [-0.05, 0) is 31.5 Å². The zero-order valence-corrected chi connectivity index (χ0v) is 12.8. The van der Waals surface area contributed by atoms with Crippen molar-refractivity contribution in [2.45, 2.75) is 19.9 Å². The van der Waals surface area contributed by atoms with Crippen molar-refractivity contribution in [3.63, 3.8) is 0 Å². The van der Waals surface area contributed by atoms with Gasteiger partial charge in [-0.3, -0.25) is 9.69 Å². The SMILES string of the molecule is Cc1ccnc(N2CCN(C(C)C(=O)N(C)C)CC2)c1. The highest BCUT2D eigenvalue weighted by Gasteiger charge is 2.26. The largest absolute Gasteiger partial charge is 0.354 e. The summed E-state index contributed by atoms with van der Waals surface area (Å²) in [6, 6.07) is 4.08. The molecule has 1 aliphatic heterocycles. The molecule has 1 fully saturated rings. The summed E-state index contributed by atoms with van der Waals surface area (Å²) in [4.78, 5) is 22.6. The Kier molecular flexibility index (Phi) is 4.60. The van der Waals surface area contributed by atoms with Gasteiger partial charge in [0.25, 0.3) is 0 Å². The van der Waals surface area contributed by atoms with E-state index in [0.29, 0.717) is 0 Å². The second-order valence-corrected chi connectivity index (χ2v) is 5.62. The zero-order valence-electron chi connectivity index (χ0n) is 12.8. The van der Waals surface area contributed by atoms with Gasteiger partial charge in [0.1, 0.15) is 5.82 Å². The van der Waals surface area contributed by atoms with Crippen LogP contribution < -0.4 is 4.90 Å². The highest BCUT2D eigenvalue weighted by Crippen LogP contribution is 2.16. The molecule has 0 saturated carbocycles. The van der Waals surface area contributed by atoms with Gasteiger partial charge in [-0.2, -0.15) is 0 Å². The molecule has 2 rings (SSSR count). The number of carbonyl (C=O) groups is 1. The standard InChI is InChI=1S/C15H24N4O/c1-12-5-6-16-14(11-12)19-9-7-18(8-10-19)13(2)15(20)17(3)4/h5-6,11,13H,7-10H2,1-4H3. The predicted molar refractivity (Wildman–Crippen MR) is 80.9 cm³/mol. The Hall–Kier alpha value is -1.62. The molecule has 0 bridgehead atoms. The lowest BCUT2D eigenvalue weighted by Crippen LogP contribution is -2.53.